The highest BCUT2D eigenvalue weighted by Crippen LogP contribution is 2.31. The van der Waals surface area contributed by atoms with Crippen molar-refractivity contribution in [3.05, 3.63) is 65.9 Å². The predicted octanol–water partition coefficient (Wildman–Crippen LogP) is 2.68. The van der Waals surface area contributed by atoms with Gasteiger partial charge < -0.3 is 20.1 Å². The monoisotopic (exact) mass is 464 g/mol. The van der Waals surface area contributed by atoms with E-state index in [9.17, 15) is 14.4 Å². The van der Waals surface area contributed by atoms with Crippen LogP contribution in [0.4, 0.5) is 0 Å². The fraction of sp³-hybridized carbons (Fsp3) is 0.320. The molecule has 1 aliphatic rings. The van der Waals surface area contributed by atoms with Gasteiger partial charge in [0.15, 0.2) is 0 Å². The number of hydrogen-bond donors (Lipinski definition) is 2. The molecule has 2 N–H and O–H groups in total. The first-order valence-electron chi connectivity index (χ1n) is 10.9. The third-order valence-electron chi connectivity index (χ3n) is 6.33. The molecule has 0 spiro atoms. The Morgan fingerprint density at radius 1 is 1.09 bits per heavy atom. The number of amides is 3. The number of carbonyl (C=O) groups is 3. The Labute approximate surface area is 197 Å². The Bertz CT molecular complexity index is 1200. The average Bonchev–Trinajstić information content (AvgIpc) is 3.20. The minimum Gasteiger partial charge on any atom is -0.354 e. The van der Waals surface area contributed by atoms with Crippen molar-refractivity contribution in [2.45, 2.75) is 30.3 Å². The van der Waals surface area contributed by atoms with Gasteiger partial charge in [0.2, 0.25) is 11.8 Å². The number of benzene rings is 2. The number of nitrogens with one attached hydrogen (secondary N) is 2. The summed E-state index contributed by atoms with van der Waals surface area (Å²) in [4.78, 5) is 41.1. The van der Waals surface area contributed by atoms with Crippen molar-refractivity contribution < 1.29 is 14.4 Å². The molecule has 0 radical (unpaired) electrons. The largest absolute Gasteiger partial charge is 0.354 e. The second-order valence-electron chi connectivity index (χ2n) is 8.44. The number of rotatable bonds is 7. The number of fused-ring (bicyclic) bond motifs is 3. The van der Waals surface area contributed by atoms with Crippen LogP contribution in [0.5, 0.6) is 0 Å². The van der Waals surface area contributed by atoms with Gasteiger partial charge in [-0.1, -0.05) is 30.3 Å². The zero-order chi connectivity index (χ0) is 23.6. The predicted molar refractivity (Wildman–Crippen MR) is 130 cm³/mol. The van der Waals surface area contributed by atoms with Gasteiger partial charge in [-0.05, 0) is 49.4 Å². The molecule has 2 aromatic carbocycles. The third kappa shape index (κ3) is 4.48. The Morgan fingerprint density at radius 2 is 1.82 bits per heavy atom. The van der Waals surface area contributed by atoms with Crippen molar-refractivity contribution in [1.29, 1.82) is 0 Å². The summed E-state index contributed by atoms with van der Waals surface area (Å²) in [6, 6.07) is 17.8. The molecule has 3 aromatic rings. The number of likely N-dealkylation sites (N-methyl/N-ethyl adjacent to an activating group) is 1. The zero-order valence-corrected chi connectivity index (χ0v) is 19.9. The van der Waals surface area contributed by atoms with Crippen LogP contribution in [0, 0.1) is 0 Å². The minimum absolute atomic E-state index is 0.138. The topological polar surface area (TPSA) is 83.4 Å². The maximum Gasteiger partial charge on any atom is 0.271 e. The van der Waals surface area contributed by atoms with Gasteiger partial charge in [0.1, 0.15) is 11.2 Å². The number of nitrogens with zero attached hydrogens (tertiary/aromatic N) is 2. The lowest BCUT2D eigenvalue weighted by Gasteiger charge is -2.41. The lowest BCUT2D eigenvalue weighted by atomic mass is 9.95. The van der Waals surface area contributed by atoms with Crippen molar-refractivity contribution >= 4 is 40.4 Å². The molecule has 1 atom stereocenters. The Morgan fingerprint density at radius 3 is 2.55 bits per heavy atom. The molecular weight excluding hydrogens is 436 g/mol. The van der Waals surface area contributed by atoms with E-state index in [0.29, 0.717) is 25.2 Å². The molecule has 2 heterocycles. The first kappa shape index (κ1) is 22.9. The van der Waals surface area contributed by atoms with Gasteiger partial charge in [-0.2, -0.15) is 0 Å². The highest BCUT2D eigenvalue weighted by molar-refractivity contribution is 7.98. The number of carbonyl (C=O) groups excluding carboxylic acids is 3. The first-order valence-corrected chi connectivity index (χ1v) is 12.1. The van der Waals surface area contributed by atoms with Crippen molar-refractivity contribution in [2.24, 2.45) is 0 Å². The zero-order valence-electron chi connectivity index (χ0n) is 19.1. The molecule has 3 amide bonds. The molecule has 1 aliphatic heterocycles. The van der Waals surface area contributed by atoms with E-state index < -0.39 is 5.54 Å². The van der Waals surface area contributed by atoms with Crippen LogP contribution in [0.2, 0.25) is 0 Å². The Hall–Kier alpha value is -3.26. The third-order valence-corrected chi connectivity index (χ3v) is 7.08. The SMILES string of the molecule is CSc1ccc(CCNC(=O)CNC(=O)[C@]2(C)Cn3c(cc4ccccc43)C(=O)N2C)cc1. The summed E-state index contributed by atoms with van der Waals surface area (Å²) in [5, 5.41) is 6.52. The van der Waals surface area contributed by atoms with Crippen LogP contribution in [0.3, 0.4) is 0 Å². The van der Waals surface area contributed by atoms with Crippen molar-refractivity contribution in [2.75, 3.05) is 26.4 Å². The van der Waals surface area contributed by atoms with E-state index >= 15 is 0 Å². The van der Waals surface area contributed by atoms with E-state index in [1.807, 2.05) is 41.2 Å². The summed E-state index contributed by atoms with van der Waals surface area (Å²) >= 11 is 1.69. The van der Waals surface area contributed by atoms with Gasteiger partial charge in [-0.15, -0.1) is 11.8 Å². The van der Waals surface area contributed by atoms with Crippen LogP contribution in [0.1, 0.15) is 23.0 Å². The lowest BCUT2D eigenvalue weighted by molar-refractivity contribution is -0.134. The van der Waals surface area contributed by atoms with E-state index in [0.717, 1.165) is 16.5 Å². The normalized spacial score (nSPS) is 17.7. The number of para-hydroxylation sites is 1. The molecule has 1 aromatic heterocycles. The average molecular weight is 465 g/mol. The Kier molecular flexibility index (Phi) is 6.47. The standard InChI is InChI=1S/C25H28N4O3S/c1-25(16-29-20-7-5-4-6-18(20)14-21(29)23(31)28(25)2)24(32)27-15-22(30)26-13-12-17-8-10-19(33-3)11-9-17/h4-11,14H,12-13,15-16H2,1-3H3,(H,26,30)(H,27,32)/t25-/m0/s1. The van der Waals surface area contributed by atoms with E-state index in [4.69, 9.17) is 0 Å². The van der Waals surface area contributed by atoms with Crippen molar-refractivity contribution in [3.8, 4) is 0 Å². The van der Waals surface area contributed by atoms with E-state index in [1.165, 1.54) is 9.80 Å². The summed E-state index contributed by atoms with van der Waals surface area (Å²) < 4.78 is 1.89. The first-order chi connectivity index (χ1) is 15.8. The molecule has 172 valence electrons. The molecule has 0 unspecified atom stereocenters. The molecule has 8 heteroatoms. The van der Waals surface area contributed by atoms with Crippen LogP contribution in [-0.4, -0.2) is 59.1 Å². The van der Waals surface area contributed by atoms with Gasteiger partial charge in [0.05, 0.1) is 13.1 Å². The number of aromatic nitrogens is 1. The molecule has 0 aliphatic carbocycles. The molecule has 33 heavy (non-hydrogen) atoms. The molecule has 0 bridgehead atoms. The van der Waals surface area contributed by atoms with Crippen LogP contribution >= 0.6 is 11.8 Å². The van der Waals surface area contributed by atoms with Crippen LogP contribution in [-0.2, 0) is 22.6 Å². The smallest absolute Gasteiger partial charge is 0.271 e. The summed E-state index contributed by atoms with van der Waals surface area (Å²) in [5.74, 6) is -0.832. The van der Waals surface area contributed by atoms with Gasteiger partial charge in [-0.25, -0.2) is 0 Å². The van der Waals surface area contributed by atoms with Crippen LogP contribution in [0.25, 0.3) is 10.9 Å². The minimum atomic E-state index is -1.11. The van der Waals surface area contributed by atoms with E-state index in [2.05, 4.69) is 34.9 Å². The van der Waals surface area contributed by atoms with Gasteiger partial charge in [0.25, 0.3) is 5.91 Å². The second kappa shape index (κ2) is 9.31. The fourth-order valence-electron chi connectivity index (χ4n) is 4.14. The molecular formula is C25H28N4O3S. The maximum atomic E-state index is 13.1. The van der Waals surface area contributed by atoms with E-state index in [1.54, 1.807) is 25.7 Å². The molecule has 0 saturated carbocycles. The molecule has 7 nitrogen and oxygen atoms in total. The fourth-order valence-corrected chi connectivity index (χ4v) is 4.55. The maximum absolute atomic E-state index is 13.1. The van der Waals surface area contributed by atoms with E-state index in [-0.39, 0.29) is 24.3 Å². The quantitative estimate of drug-likeness (QED) is 0.527. The van der Waals surface area contributed by atoms with Crippen LogP contribution in [0.15, 0.2) is 59.5 Å². The highest BCUT2D eigenvalue weighted by Gasteiger charge is 2.45. The lowest BCUT2D eigenvalue weighted by Crippen LogP contribution is -2.63. The van der Waals surface area contributed by atoms with Crippen molar-refractivity contribution in [1.82, 2.24) is 20.1 Å². The molecule has 0 saturated heterocycles. The summed E-state index contributed by atoms with van der Waals surface area (Å²) in [7, 11) is 1.63. The van der Waals surface area contributed by atoms with Crippen molar-refractivity contribution in [3.63, 3.8) is 0 Å². The Balaban J connectivity index is 1.35. The molecule has 0 fully saturated rings. The van der Waals surface area contributed by atoms with Crippen LogP contribution < -0.4 is 10.6 Å². The van der Waals surface area contributed by atoms with Gasteiger partial charge in [0, 0.05) is 29.4 Å². The second-order valence-corrected chi connectivity index (χ2v) is 9.32. The summed E-state index contributed by atoms with van der Waals surface area (Å²) in [6.07, 6.45) is 2.75. The van der Waals surface area contributed by atoms with Gasteiger partial charge in [-0.3, -0.25) is 14.4 Å². The number of hydrogen-bond acceptors (Lipinski definition) is 4. The summed E-state index contributed by atoms with van der Waals surface area (Å²) in [6.45, 7) is 2.40. The summed E-state index contributed by atoms with van der Waals surface area (Å²) in [5.41, 5.74) is 1.51. The number of thioether (sulfide) groups is 1. The van der Waals surface area contributed by atoms with Gasteiger partial charge >= 0.3 is 0 Å². The highest BCUT2D eigenvalue weighted by atomic mass is 32.2. The molecule has 4 rings (SSSR count).